The average molecular weight is 216 g/mol. The van der Waals surface area contributed by atoms with Crippen molar-refractivity contribution in [3.8, 4) is 11.8 Å². The number of rotatable bonds is 2. The molecule has 0 aromatic carbocycles. The Morgan fingerprint density at radius 1 is 1.44 bits per heavy atom. The Balaban J connectivity index is 2.00. The van der Waals surface area contributed by atoms with Crippen LogP contribution < -0.4 is 4.74 Å². The Morgan fingerprint density at radius 2 is 2.31 bits per heavy atom. The molecule has 84 valence electrons. The van der Waals surface area contributed by atoms with E-state index in [9.17, 15) is 0 Å². The predicted octanol–water partition coefficient (Wildman–Crippen LogP) is 2.91. The van der Waals surface area contributed by atoms with Crippen molar-refractivity contribution in [2.75, 3.05) is 0 Å². The lowest BCUT2D eigenvalue weighted by molar-refractivity contribution is 0.129. The van der Waals surface area contributed by atoms with Gasteiger partial charge in [0.25, 0.3) is 0 Å². The van der Waals surface area contributed by atoms with Gasteiger partial charge in [0.1, 0.15) is 11.8 Å². The van der Waals surface area contributed by atoms with Crippen LogP contribution in [0.3, 0.4) is 0 Å². The molecule has 1 aromatic rings. The van der Waals surface area contributed by atoms with Crippen LogP contribution in [0.4, 0.5) is 0 Å². The molecule has 2 rings (SSSR count). The van der Waals surface area contributed by atoms with Crippen LogP contribution in [0.15, 0.2) is 18.5 Å². The van der Waals surface area contributed by atoms with Crippen LogP contribution in [-0.4, -0.2) is 11.1 Å². The molecule has 2 atom stereocenters. The van der Waals surface area contributed by atoms with Gasteiger partial charge in [-0.1, -0.05) is 13.3 Å². The molecule has 0 bridgehead atoms. The van der Waals surface area contributed by atoms with Gasteiger partial charge in [-0.2, -0.15) is 5.26 Å². The minimum absolute atomic E-state index is 0.291. The zero-order valence-corrected chi connectivity index (χ0v) is 9.52. The number of ether oxygens (including phenoxy) is 1. The number of hydrogen-bond donors (Lipinski definition) is 0. The highest BCUT2D eigenvalue weighted by atomic mass is 16.5. The monoisotopic (exact) mass is 216 g/mol. The third-order valence-electron chi connectivity index (χ3n) is 3.03. The summed E-state index contributed by atoms with van der Waals surface area (Å²) in [6.45, 7) is 2.26. The van der Waals surface area contributed by atoms with Gasteiger partial charge < -0.3 is 4.74 Å². The van der Waals surface area contributed by atoms with Gasteiger partial charge in [0.05, 0.1) is 17.9 Å². The summed E-state index contributed by atoms with van der Waals surface area (Å²) < 4.78 is 5.85. The molecule has 0 radical (unpaired) electrons. The van der Waals surface area contributed by atoms with Crippen molar-refractivity contribution in [2.24, 2.45) is 5.92 Å². The smallest absolute Gasteiger partial charge is 0.139 e. The summed E-state index contributed by atoms with van der Waals surface area (Å²) in [6, 6.07) is 3.83. The Kier molecular flexibility index (Phi) is 3.40. The van der Waals surface area contributed by atoms with Crippen LogP contribution in [0.25, 0.3) is 0 Å². The molecule has 0 amide bonds. The summed E-state index contributed by atoms with van der Waals surface area (Å²) in [5.74, 6) is 1.46. The van der Waals surface area contributed by atoms with E-state index in [0.29, 0.717) is 11.7 Å². The van der Waals surface area contributed by atoms with Crippen LogP contribution in [0.5, 0.6) is 5.75 Å². The highest BCUT2D eigenvalue weighted by Crippen LogP contribution is 2.27. The Morgan fingerprint density at radius 3 is 3.06 bits per heavy atom. The van der Waals surface area contributed by atoms with Crippen LogP contribution in [-0.2, 0) is 0 Å². The highest BCUT2D eigenvalue weighted by molar-refractivity contribution is 5.32. The quantitative estimate of drug-likeness (QED) is 0.763. The van der Waals surface area contributed by atoms with E-state index in [-0.39, 0.29) is 0 Å². The fourth-order valence-electron chi connectivity index (χ4n) is 2.22. The molecule has 1 aromatic heterocycles. The summed E-state index contributed by atoms with van der Waals surface area (Å²) in [4.78, 5) is 3.99. The summed E-state index contributed by atoms with van der Waals surface area (Å²) in [7, 11) is 0. The lowest BCUT2D eigenvalue weighted by Crippen LogP contribution is -2.24. The average Bonchev–Trinajstić information content (AvgIpc) is 2.29. The fraction of sp³-hybridized carbons (Fsp3) is 0.538. The third kappa shape index (κ3) is 2.73. The van der Waals surface area contributed by atoms with Crippen LogP contribution in [0.1, 0.15) is 38.2 Å². The van der Waals surface area contributed by atoms with Crippen LogP contribution in [0.2, 0.25) is 0 Å². The SMILES string of the molecule is C[C@@H]1CCC[C@@H](Oc2cncc(C#N)c2)C1. The summed E-state index contributed by atoms with van der Waals surface area (Å²) in [5.41, 5.74) is 0.557. The maximum atomic E-state index is 8.76. The number of hydrogen-bond acceptors (Lipinski definition) is 3. The van der Waals surface area contributed by atoms with Gasteiger partial charge in [-0.3, -0.25) is 4.98 Å². The second kappa shape index (κ2) is 4.98. The summed E-state index contributed by atoms with van der Waals surface area (Å²) >= 11 is 0. The van der Waals surface area contributed by atoms with Gasteiger partial charge in [-0.15, -0.1) is 0 Å². The molecule has 0 unspecified atom stereocenters. The zero-order chi connectivity index (χ0) is 11.4. The van der Waals surface area contributed by atoms with E-state index in [1.807, 2.05) is 0 Å². The third-order valence-corrected chi connectivity index (χ3v) is 3.03. The first-order chi connectivity index (χ1) is 7.78. The number of aromatic nitrogens is 1. The van der Waals surface area contributed by atoms with Crippen molar-refractivity contribution in [1.82, 2.24) is 4.98 Å². The minimum Gasteiger partial charge on any atom is -0.489 e. The topological polar surface area (TPSA) is 45.9 Å². The first-order valence-corrected chi connectivity index (χ1v) is 5.79. The molecule has 1 saturated carbocycles. The number of pyridine rings is 1. The van der Waals surface area contributed by atoms with Crippen molar-refractivity contribution in [2.45, 2.75) is 38.7 Å². The predicted molar refractivity (Wildman–Crippen MR) is 61.0 cm³/mol. The first-order valence-electron chi connectivity index (χ1n) is 5.79. The fourth-order valence-corrected chi connectivity index (χ4v) is 2.22. The molecule has 0 aliphatic heterocycles. The maximum Gasteiger partial charge on any atom is 0.139 e. The van der Waals surface area contributed by atoms with Crippen molar-refractivity contribution >= 4 is 0 Å². The van der Waals surface area contributed by atoms with E-state index in [1.54, 1.807) is 18.5 Å². The van der Waals surface area contributed by atoms with Gasteiger partial charge in [-0.25, -0.2) is 0 Å². The molecule has 3 nitrogen and oxygen atoms in total. The Hall–Kier alpha value is -1.56. The second-order valence-corrected chi connectivity index (χ2v) is 4.53. The molecule has 0 saturated heterocycles. The van der Waals surface area contributed by atoms with Crippen LogP contribution >= 0.6 is 0 Å². The van der Waals surface area contributed by atoms with E-state index < -0.39 is 0 Å². The van der Waals surface area contributed by atoms with E-state index in [1.165, 1.54) is 12.8 Å². The van der Waals surface area contributed by atoms with Crippen molar-refractivity contribution in [3.63, 3.8) is 0 Å². The van der Waals surface area contributed by atoms with E-state index in [2.05, 4.69) is 18.0 Å². The standard InChI is InChI=1S/C13H16N2O/c1-10-3-2-4-12(5-10)16-13-6-11(7-14)8-15-9-13/h6,8-10,12H,2-5H2,1H3/t10-,12-/m1/s1. The lowest BCUT2D eigenvalue weighted by Gasteiger charge is -2.27. The minimum atomic E-state index is 0.291. The van der Waals surface area contributed by atoms with Crippen LogP contribution in [0, 0.1) is 17.2 Å². The normalized spacial score (nSPS) is 24.8. The number of nitrogens with zero attached hydrogens (tertiary/aromatic N) is 2. The van der Waals surface area contributed by atoms with E-state index in [4.69, 9.17) is 10.00 Å². The summed E-state index contributed by atoms with van der Waals surface area (Å²) in [5, 5.41) is 8.76. The Labute approximate surface area is 96.1 Å². The van der Waals surface area contributed by atoms with Gasteiger partial charge in [0, 0.05) is 12.3 Å². The molecular weight excluding hydrogens is 200 g/mol. The van der Waals surface area contributed by atoms with Gasteiger partial charge in [-0.05, 0) is 25.2 Å². The van der Waals surface area contributed by atoms with Gasteiger partial charge in [0.2, 0.25) is 0 Å². The van der Waals surface area contributed by atoms with Gasteiger partial charge in [0.15, 0.2) is 0 Å². The molecule has 1 aliphatic carbocycles. The molecule has 0 spiro atoms. The molecule has 0 N–H and O–H groups in total. The molecule has 1 heterocycles. The largest absolute Gasteiger partial charge is 0.489 e. The Bertz CT molecular complexity index is 397. The summed E-state index contributed by atoms with van der Waals surface area (Å²) in [6.07, 6.45) is 8.28. The zero-order valence-electron chi connectivity index (χ0n) is 9.52. The first kappa shape index (κ1) is 10.9. The molecule has 16 heavy (non-hydrogen) atoms. The maximum absolute atomic E-state index is 8.76. The molecule has 1 fully saturated rings. The lowest BCUT2D eigenvalue weighted by atomic mass is 9.89. The number of nitriles is 1. The molecule has 3 heteroatoms. The van der Waals surface area contributed by atoms with Gasteiger partial charge >= 0.3 is 0 Å². The van der Waals surface area contributed by atoms with Crippen molar-refractivity contribution < 1.29 is 4.74 Å². The van der Waals surface area contributed by atoms with E-state index in [0.717, 1.165) is 24.5 Å². The highest BCUT2D eigenvalue weighted by Gasteiger charge is 2.20. The van der Waals surface area contributed by atoms with Crippen molar-refractivity contribution in [1.29, 1.82) is 5.26 Å². The molecule has 1 aliphatic rings. The van der Waals surface area contributed by atoms with Crippen molar-refractivity contribution in [3.05, 3.63) is 24.0 Å². The van der Waals surface area contributed by atoms with E-state index >= 15 is 0 Å². The molecular formula is C13H16N2O. The second-order valence-electron chi connectivity index (χ2n) is 4.53.